The summed E-state index contributed by atoms with van der Waals surface area (Å²) in [6.07, 6.45) is 9.49. The highest BCUT2D eigenvalue weighted by Crippen LogP contribution is 2.13. The van der Waals surface area contributed by atoms with Crippen molar-refractivity contribution < 1.29 is 25.2 Å². The van der Waals surface area contributed by atoms with E-state index < -0.39 is 18.2 Å². The maximum Gasteiger partial charge on any atom is 0.303 e. The lowest BCUT2D eigenvalue weighted by Crippen LogP contribution is -2.12. The molecule has 0 aliphatic heterocycles. The first-order valence-electron chi connectivity index (χ1n) is 8.94. The van der Waals surface area contributed by atoms with Crippen molar-refractivity contribution in [2.45, 2.75) is 96.2 Å². The van der Waals surface area contributed by atoms with E-state index in [1.807, 2.05) is 0 Å². The largest absolute Gasteiger partial charge is 0.510 e. The number of carbonyl (C=O) groups is 1. The lowest BCUT2D eigenvalue weighted by molar-refractivity contribution is -0.137. The van der Waals surface area contributed by atoms with E-state index in [4.69, 9.17) is 5.11 Å². The monoisotopic (exact) mass is 330 g/mol. The van der Waals surface area contributed by atoms with Gasteiger partial charge < -0.3 is 20.4 Å². The number of hydrogen-bond donors (Lipinski definition) is 4. The molecule has 2 unspecified atom stereocenters. The third-order valence-electron chi connectivity index (χ3n) is 3.95. The average molecular weight is 330 g/mol. The van der Waals surface area contributed by atoms with E-state index in [1.54, 1.807) is 0 Å². The molecule has 23 heavy (non-hydrogen) atoms. The number of hydrogen-bond acceptors (Lipinski definition) is 4. The van der Waals surface area contributed by atoms with Crippen LogP contribution in [0.5, 0.6) is 0 Å². The molecule has 5 nitrogen and oxygen atoms in total. The molecule has 4 N–H and O–H groups in total. The summed E-state index contributed by atoms with van der Waals surface area (Å²) < 4.78 is 0. The molecule has 0 aliphatic rings. The van der Waals surface area contributed by atoms with Gasteiger partial charge in [-0.25, -0.2) is 0 Å². The molecule has 5 heteroatoms. The van der Waals surface area contributed by atoms with Gasteiger partial charge in [0.05, 0.1) is 6.10 Å². The van der Waals surface area contributed by atoms with Gasteiger partial charge in [-0.2, -0.15) is 0 Å². The minimum atomic E-state index is -0.817. The van der Waals surface area contributed by atoms with Crippen molar-refractivity contribution in [1.29, 1.82) is 0 Å². The molecule has 0 bridgehead atoms. The predicted octanol–water partition coefficient (Wildman–Crippen LogP) is 3.94. The van der Waals surface area contributed by atoms with Gasteiger partial charge in [0.1, 0.15) is 11.9 Å². The Morgan fingerprint density at radius 3 is 2.17 bits per heavy atom. The van der Waals surface area contributed by atoms with E-state index in [9.17, 15) is 20.1 Å². The zero-order valence-corrected chi connectivity index (χ0v) is 14.4. The lowest BCUT2D eigenvalue weighted by atomic mass is 10.0. The first-order valence-corrected chi connectivity index (χ1v) is 8.94. The molecule has 0 heterocycles. The third kappa shape index (κ3) is 14.3. The number of aliphatic hydroxyl groups excluding tert-OH is 3. The van der Waals surface area contributed by atoms with Crippen molar-refractivity contribution in [3.8, 4) is 0 Å². The molecule has 0 spiro atoms. The summed E-state index contributed by atoms with van der Waals surface area (Å²) in [5.74, 6) is -0.780. The summed E-state index contributed by atoms with van der Waals surface area (Å²) in [5, 5.41) is 37.9. The zero-order valence-electron chi connectivity index (χ0n) is 14.4. The second-order valence-electron chi connectivity index (χ2n) is 6.23. The summed E-state index contributed by atoms with van der Waals surface area (Å²) >= 11 is 0. The van der Waals surface area contributed by atoms with Crippen LogP contribution in [0, 0.1) is 0 Å². The van der Waals surface area contributed by atoms with Crippen molar-refractivity contribution in [3.63, 3.8) is 0 Å². The fraction of sp³-hybridized carbons (Fsp3) is 0.833. The Morgan fingerprint density at radius 2 is 1.52 bits per heavy atom. The Kier molecular flexibility index (Phi) is 13.8. The highest BCUT2D eigenvalue weighted by atomic mass is 16.4. The normalized spacial score (nSPS) is 14.7. The standard InChI is InChI=1S/C18H34O5/c1-2-3-7-11-16(20)17(21)14-13-15(19)10-8-5-4-6-9-12-18(22)23/h14-16,19-21H,2-13H2,1H3,(H,22,23)/b17-14-. The highest BCUT2D eigenvalue weighted by molar-refractivity contribution is 5.66. The molecular formula is C18H34O5. The molecule has 0 aromatic heterocycles. The van der Waals surface area contributed by atoms with E-state index in [0.29, 0.717) is 25.7 Å². The van der Waals surface area contributed by atoms with Gasteiger partial charge in [-0.15, -0.1) is 0 Å². The molecule has 0 saturated heterocycles. The maximum atomic E-state index is 10.3. The number of carboxylic acids is 1. The lowest BCUT2D eigenvalue weighted by Gasteiger charge is -2.11. The molecule has 0 radical (unpaired) electrons. The van der Waals surface area contributed by atoms with E-state index in [0.717, 1.165) is 44.9 Å². The maximum absolute atomic E-state index is 10.3. The van der Waals surface area contributed by atoms with Crippen LogP contribution in [-0.4, -0.2) is 38.6 Å². The van der Waals surface area contributed by atoms with Crippen molar-refractivity contribution in [1.82, 2.24) is 0 Å². The van der Waals surface area contributed by atoms with Crippen molar-refractivity contribution in [2.24, 2.45) is 0 Å². The van der Waals surface area contributed by atoms with E-state index >= 15 is 0 Å². The zero-order chi connectivity index (χ0) is 17.5. The van der Waals surface area contributed by atoms with Crippen LogP contribution in [0.1, 0.15) is 84.0 Å². The van der Waals surface area contributed by atoms with Gasteiger partial charge in [-0.1, -0.05) is 51.9 Å². The second-order valence-corrected chi connectivity index (χ2v) is 6.23. The molecule has 136 valence electrons. The molecule has 0 rings (SSSR count). The molecular weight excluding hydrogens is 296 g/mol. The fourth-order valence-corrected chi connectivity index (χ4v) is 2.43. The third-order valence-corrected chi connectivity index (χ3v) is 3.95. The van der Waals surface area contributed by atoms with Gasteiger partial charge in [0.25, 0.3) is 0 Å². The van der Waals surface area contributed by atoms with Crippen molar-refractivity contribution >= 4 is 5.97 Å². The second kappa shape index (κ2) is 14.5. The minimum Gasteiger partial charge on any atom is -0.510 e. The Hall–Kier alpha value is -1.07. The minimum absolute atomic E-state index is 0.0335. The van der Waals surface area contributed by atoms with Crippen LogP contribution in [0.3, 0.4) is 0 Å². The van der Waals surface area contributed by atoms with Crippen LogP contribution in [0.2, 0.25) is 0 Å². The number of rotatable bonds is 15. The molecule has 0 amide bonds. The van der Waals surface area contributed by atoms with Gasteiger partial charge in [-0.3, -0.25) is 4.79 Å². The van der Waals surface area contributed by atoms with Gasteiger partial charge >= 0.3 is 5.97 Å². The SMILES string of the molecule is CCCCCC(O)/C(O)=C/CC(O)CCCCCCCC(=O)O. The van der Waals surface area contributed by atoms with Gasteiger partial charge in [0, 0.05) is 6.42 Å². The summed E-state index contributed by atoms with van der Waals surface area (Å²) in [6, 6.07) is 0. The Balaban J connectivity index is 3.66. The first-order chi connectivity index (χ1) is 11.0. The van der Waals surface area contributed by atoms with Gasteiger partial charge in [-0.05, 0) is 31.8 Å². The Labute approximate surface area is 140 Å². The summed E-state index contributed by atoms with van der Waals surface area (Å²) in [5.41, 5.74) is 0. The molecule has 0 fully saturated rings. The van der Waals surface area contributed by atoms with E-state index in [1.165, 1.54) is 6.08 Å². The molecule has 0 aromatic rings. The number of unbranched alkanes of at least 4 members (excludes halogenated alkanes) is 6. The van der Waals surface area contributed by atoms with E-state index in [2.05, 4.69) is 6.92 Å². The predicted molar refractivity (Wildman–Crippen MR) is 91.4 cm³/mol. The summed E-state index contributed by atoms with van der Waals surface area (Å²) in [4.78, 5) is 10.3. The topological polar surface area (TPSA) is 98.0 Å². The first kappa shape index (κ1) is 21.9. The van der Waals surface area contributed by atoms with Crippen molar-refractivity contribution in [2.75, 3.05) is 0 Å². The highest BCUT2D eigenvalue weighted by Gasteiger charge is 2.10. The fourth-order valence-electron chi connectivity index (χ4n) is 2.43. The molecule has 2 atom stereocenters. The Morgan fingerprint density at radius 1 is 0.913 bits per heavy atom. The average Bonchev–Trinajstić information content (AvgIpc) is 2.51. The Bertz CT molecular complexity index is 327. The smallest absolute Gasteiger partial charge is 0.303 e. The summed E-state index contributed by atoms with van der Waals surface area (Å²) in [6.45, 7) is 2.09. The van der Waals surface area contributed by atoms with Crippen LogP contribution >= 0.6 is 0 Å². The van der Waals surface area contributed by atoms with Crippen LogP contribution in [0.4, 0.5) is 0 Å². The number of aliphatic carboxylic acids is 1. The van der Waals surface area contributed by atoms with Gasteiger partial charge in [0.15, 0.2) is 0 Å². The van der Waals surface area contributed by atoms with Crippen LogP contribution in [0.15, 0.2) is 11.8 Å². The quantitative estimate of drug-likeness (QED) is 0.269. The molecule has 0 aromatic carbocycles. The summed E-state index contributed by atoms with van der Waals surface area (Å²) in [7, 11) is 0. The number of aliphatic hydroxyl groups is 3. The molecule has 0 aliphatic carbocycles. The van der Waals surface area contributed by atoms with E-state index in [-0.39, 0.29) is 12.2 Å². The van der Waals surface area contributed by atoms with Crippen LogP contribution < -0.4 is 0 Å². The number of carboxylic acid groups (broad SMARTS) is 1. The van der Waals surface area contributed by atoms with Crippen LogP contribution in [0.25, 0.3) is 0 Å². The molecule has 0 saturated carbocycles. The van der Waals surface area contributed by atoms with Crippen LogP contribution in [-0.2, 0) is 4.79 Å². The van der Waals surface area contributed by atoms with Crippen molar-refractivity contribution in [3.05, 3.63) is 11.8 Å². The van der Waals surface area contributed by atoms with Gasteiger partial charge in [0.2, 0.25) is 0 Å².